The van der Waals surface area contributed by atoms with Gasteiger partial charge in [-0.05, 0) is 29.9 Å². The van der Waals surface area contributed by atoms with Crippen molar-refractivity contribution in [1.82, 2.24) is 25.7 Å². The Kier molecular flexibility index (Phi) is 2.40. The zero-order valence-electron chi connectivity index (χ0n) is 10.4. The lowest BCUT2D eigenvalue weighted by molar-refractivity contribution is -0.112. The highest BCUT2D eigenvalue weighted by atomic mass is 16.8. The number of allylic oxidation sites excluding steroid dienone is 3. The number of rotatable bonds is 2. The maximum Gasteiger partial charge on any atom is 0.118 e. The van der Waals surface area contributed by atoms with Gasteiger partial charge in [0, 0.05) is 24.2 Å². The second kappa shape index (κ2) is 4.36. The first-order chi connectivity index (χ1) is 9.92. The molecule has 2 aromatic heterocycles. The lowest BCUT2D eigenvalue weighted by atomic mass is 10.0. The Labute approximate surface area is 115 Å². The van der Waals surface area contributed by atoms with Gasteiger partial charge in [-0.25, -0.2) is 10.5 Å². The van der Waals surface area contributed by atoms with Gasteiger partial charge in [-0.1, -0.05) is 6.07 Å². The highest BCUT2D eigenvalue weighted by Crippen LogP contribution is 2.31. The van der Waals surface area contributed by atoms with Crippen molar-refractivity contribution in [3.63, 3.8) is 0 Å². The number of nitrogens with one attached hydrogen (secondary N) is 2. The van der Waals surface area contributed by atoms with Crippen molar-refractivity contribution in [1.29, 1.82) is 0 Å². The van der Waals surface area contributed by atoms with Gasteiger partial charge in [0.2, 0.25) is 0 Å². The summed E-state index contributed by atoms with van der Waals surface area (Å²) in [4.78, 5) is 9.51. The Morgan fingerprint density at radius 3 is 3.15 bits per heavy atom. The van der Waals surface area contributed by atoms with Gasteiger partial charge in [0.1, 0.15) is 5.69 Å². The number of fused-ring (bicyclic) bond motifs is 1. The van der Waals surface area contributed by atoms with Crippen LogP contribution in [0.4, 0.5) is 0 Å². The fourth-order valence-corrected chi connectivity index (χ4v) is 2.21. The average molecular weight is 265 g/mol. The molecule has 0 aliphatic carbocycles. The molecule has 0 radical (unpaired) electrons. The molecule has 0 bridgehead atoms. The van der Waals surface area contributed by atoms with Crippen molar-refractivity contribution in [2.45, 2.75) is 0 Å². The fourth-order valence-electron chi connectivity index (χ4n) is 2.21. The zero-order chi connectivity index (χ0) is 13.4. The van der Waals surface area contributed by atoms with Crippen molar-refractivity contribution >= 4 is 5.57 Å². The SMILES string of the molecule is C1=CN2ONC=C2C=C1c1c[nH]nc1-c1ccccn1. The van der Waals surface area contributed by atoms with Gasteiger partial charge in [0.25, 0.3) is 0 Å². The van der Waals surface area contributed by atoms with Gasteiger partial charge in [-0.3, -0.25) is 10.1 Å². The highest BCUT2D eigenvalue weighted by molar-refractivity contribution is 5.84. The molecule has 4 rings (SSSR count). The maximum atomic E-state index is 5.16. The minimum Gasteiger partial charge on any atom is -0.284 e. The molecule has 2 aliphatic heterocycles. The molecule has 0 aromatic carbocycles. The highest BCUT2D eigenvalue weighted by Gasteiger charge is 2.19. The molecule has 0 atom stereocenters. The monoisotopic (exact) mass is 265 g/mol. The number of pyridine rings is 1. The predicted octanol–water partition coefficient (Wildman–Crippen LogP) is 1.98. The lowest BCUT2D eigenvalue weighted by Crippen LogP contribution is -2.15. The van der Waals surface area contributed by atoms with Crippen molar-refractivity contribution in [3.8, 4) is 11.4 Å². The normalized spacial score (nSPS) is 16.5. The number of hydroxylamine groups is 3. The predicted molar refractivity (Wildman–Crippen MR) is 73.1 cm³/mol. The van der Waals surface area contributed by atoms with Crippen LogP contribution in [0.5, 0.6) is 0 Å². The van der Waals surface area contributed by atoms with Gasteiger partial charge in [-0.15, -0.1) is 0 Å². The van der Waals surface area contributed by atoms with Gasteiger partial charge >= 0.3 is 0 Å². The van der Waals surface area contributed by atoms with Crippen LogP contribution in [0.1, 0.15) is 5.56 Å². The van der Waals surface area contributed by atoms with Crippen molar-refractivity contribution in [3.05, 3.63) is 66.4 Å². The van der Waals surface area contributed by atoms with E-state index >= 15 is 0 Å². The molecule has 0 saturated heterocycles. The van der Waals surface area contributed by atoms with Gasteiger partial charge in [-0.2, -0.15) is 10.0 Å². The molecule has 2 aliphatic rings. The fraction of sp³-hybridized carbons (Fsp3) is 0. The van der Waals surface area contributed by atoms with Crippen LogP contribution < -0.4 is 5.48 Å². The number of hydrogen-bond donors (Lipinski definition) is 2. The van der Waals surface area contributed by atoms with E-state index in [9.17, 15) is 0 Å². The average Bonchev–Trinajstić information content (AvgIpc) is 3.16. The maximum absolute atomic E-state index is 5.16. The molecule has 2 aromatic rings. The summed E-state index contributed by atoms with van der Waals surface area (Å²) in [6.45, 7) is 0. The topological polar surface area (TPSA) is 66.1 Å². The zero-order valence-corrected chi connectivity index (χ0v) is 10.4. The van der Waals surface area contributed by atoms with Crippen LogP contribution in [0.3, 0.4) is 0 Å². The van der Waals surface area contributed by atoms with E-state index in [1.807, 2.05) is 42.7 Å². The largest absolute Gasteiger partial charge is 0.284 e. The quantitative estimate of drug-likeness (QED) is 0.869. The van der Waals surface area contributed by atoms with E-state index in [0.29, 0.717) is 0 Å². The number of aromatic amines is 1. The van der Waals surface area contributed by atoms with E-state index < -0.39 is 0 Å². The molecule has 6 nitrogen and oxygen atoms in total. The molecule has 4 heterocycles. The summed E-state index contributed by atoms with van der Waals surface area (Å²) in [5.41, 5.74) is 7.38. The van der Waals surface area contributed by atoms with Crippen molar-refractivity contribution < 1.29 is 4.94 Å². The number of hydrogen-bond acceptors (Lipinski definition) is 5. The summed E-state index contributed by atoms with van der Waals surface area (Å²) >= 11 is 0. The third-order valence-corrected chi connectivity index (χ3v) is 3.16. The molecule has 0 saturated carbocycles. The van der Waals surface area contributed by atoms with Crippen LogP contribution in [0.2, 0.25) is 0 Å². The number of nitrogens with zero attached hydrogens (tertiary/aromatic N) is 3. The lowest BCUT2D eigenvalue weighted by Gasteiger charge is -2.16. The molecule has 2 N–H and O–H groups in total. The first-order valence-corrected chi connectivity index (χ1v) is 6.19. The van der Waals surface area contributed by atoms with Gasteiger partial charge in [0.15, 0.2) is 0 Å². The summed E-state index contributed by atoms with van der Waals surface area (Å²) in [5.74, 6) is 0. The molecule has 20 heavy (non-hydrogen) atoms. The van der Waals surface area contributed by atoms with Gasteiger partial charge in [0.05, 0.1) is 17.6 Å². The van der Waals surface area contributed by atoms with Crippen LogP contribution in [-0.4, -0.2) is 20.2 Å². The number of H-pyrrole nitrogens is 1. The summed E-state index contributed by atoms with van der Waals surface area (Å²) in [6.07, 6.45) is 11.3. The van der Waals surface area contributed by atoms with E-state index in [0.717, 1.165) is 28.2 Å². The minimum atomic E-state index is 0.836. The molecule has 0 unspecified atom stereocenters. The van der Waals surface area contributed by atoms with Crippen LogP contribution in [-0.2, 0) is 4.94 Å². The van der Waals surface area contributed by atoms with E-state index in [1.54, 1.807) is 17.5 Å². The van der Waals surface area contributed by atoms with E-state index in [-0.39, 0.29) is 0 Å². The van der Waals surface area contributed by atoms with Gasteiger partial charge < -0.3 is 0 Å². The Morgan fingerprint density at radius 2 is 2.25 bits per heavy atom. The molecular weight excluding hydrogens is 254 g/mol. The minimum absolute atomic E-state index is 0.836. The Bertz CT molecular complexity index is 729. The summed E-state index contributed by atoms with van der Waals surface area (Å²) < 4.78 is 0. The first-order valence-electron chi connectivity index (χ1n) is 6.19. The third kappa shape index (κ3) is 1.70. The second-order valence-corrected chi connectivity index (χ2v) is 4.38. The molecule has 98 valence electrons. The third-order valence-electron chi connectivity index (χ3n) is 3.16. The smallest absolute Gasteiger partial charge is 0.118 e. The van der Waals surface area contributed by atoms with Crippen LogP contribution in [0, 0.1) is 0 Å². The summed E-state index contributed by atoms with van der Waals surface area (Å²) in [5, 5.41) is 8.87. The Balaban J connectivity index is 1.78. The Hall–Kier alpha value is -2.86. The van der Waals surface area contributed by atoms with E-state index in [4.69, 9.17) is 4.94 Å². The Morgan fingerprint density at radius 1 is 1.25 bits per heavy atom. The first kappa shape index (κ1) is 11.0. The van der Waals surface area contributed by atoms with Crippen LogP contribution in [0.25, 0.3) is 17.0 Å². The van der Waals surface area contributed by atoms with Crippen LogP contribution in [0.15, 0.2) is 60.8 Å². The van der Waals surface area contributed by atoms with Crippen molar-refractivity contribution in [2.75, 3.05) is 0 Å². The standard InChI is InChI=1S/C14H11N5O/c1-2-5-15-13(3-1)14-12(9-16-18-14)10-4-6-19-11(7-10)8-17-20-19/h1-9,17H,(H,16,18). The number of aromatic nitrogens is 3. The molecule has 0 amide bonds. The second-order valence-electron chi connectivity index (χ2n) is 4.38. The molecular formula is C14H11N5O. The van der Waals surface area contributed by atoms with E-state index in [1.165, 1.54) is 0 Å². The van der Waals surface area contributed by atoms with Crippen molar-refractivity contribution in [2.24, 2.45) is 0 Å². The van der Waals surface area contributed by atoms with E-state index in [2.05, 4.69) is 20.7 Å². The summed E-state index contributed by atoms with van der Waals surface area (Å²) in [6, 6.07) is 5.78. The molecule has 0 spiro atoms. The van der Waals surface area contributed by atoms with Crippen LogP contribution >= 0.6 is 0 Å². The summed E-state index contributed by atoms with van der Waals surface area (Å²) in [7, 11) is 0. The molecule has 6 heteroatoms. The molecule has 0 fully saturated rings.